The number of carbonyl (C=O) groups excluding carboxylic acids is 2. The van der Waals surface area contributed by atoms with Crippen LogP contribution >= 0.6 is 0 Å². The summed E-state index contributed by atoms with van der Waals surface area (Å²) in [5.74, 6) is -0.561. The Morgan fingerprint density at radius 3 is 1.89 bits per heavy atom. The van der Waals surface area contributed by atoms with Crippen LogP contribution in [-0.4, -0.2) is 47.8 Å². The molecule has 2 atom stereocenters. The lowest BCUT2D eigenvalue weighted by molar-refractivity contribution is -0.134. The first-order chi connectivity index (χ1) is 13.0. The Balaban J connectivity index is 1.31. The average Bonchev–Trinajstić information content (AvgIpc) is 3.49. The monoisotopic (exact) mass is 370 g/mol. The maximum absolute atomic E-state index is 13.0. The molecule has 0 radical (unpaired) electrons. The van der Waals surface area contributed by atoms with Crippen molar-refractivity contribution in [2.45, 2.75) is 12.3 Å². The highest BCUT2D eigenvalue weighted by molar-refractivity contribution is 5.94. The molecule has 0 aromatic heterocycles. The Morgan fingerprint density at radius 2 is 1.30 bits per heavy atom. The summed E-state index contributed by atoms with van der Waals surface area (Å²) >= 11 is 0. The molecule has 0 bridgehead atoms. The first-order valence-electron chi connectivity index (χ1n) is 9.12. The van der Waals surface area contributed by atoms with Crippen LogP contribution in [0.15, 0.2) is 48.5 Å². The van der Waals surface area contributed by atoms with Crippen LogP contribution in [0.4, 0.5) is 8.78 Å². The number of halogens is 2. The Kier molecular flexibility index (Phi) is 4.64. The molecule has 140 valence electrons. The highest BCUT2D eigenvalue weighted by atomic mass is 19.1. The van der Waals surface area contributed by atoms with Gasteiger partial charge in [-0.1, -0.05) is 12.1 Å². The van der Waals surface area contributed by atoms with Gasteiger partial charge in [-0.25, -0.2) is 8.78 Å². The molecule has 27 heavy (non-hydrogen) atoms. The fourth-order valence-electron chi connectivity index (χ4n) is 3.69. The molecule has 4 nitrogen and oxygen atoms in total. The van der Waals surface area contributed by atoms with E-state index in [-0.39, 0.29) is 35.3 Å². The van der Waals surface area contributed by atoms with Gasteiger partial charge in [-0.3, -0.25) is 9.59 Å². The van der Waals surface area contributed by atoms with E-state index in [1.165, 1.54) is 36.4 Å². The lowest BCUT2D eigenvalue weighted by Gasteiger charge is -2.35. The van der Waals surface area contributed by atoms with Crippen LogP contribution in [0.5, 0.6) is 0 Å². The third-order valence-electron chi connectivity index (χ3n) is 5.38. The van der Waals surface area contributed by atoms with Gasteiger partial charge in [-0.2, -0.15) is 0 Å². The van der Waals surface area contributed by atoms with E-state index in [0.717, 1.165) is 12.0 Å². The molecule has 2 aromatic carbocycles. The van der Waals surface area contributed by atoms with Gasteiger partial charge in [-0.15, -0.1) is 0 Å². The summed E-state index contributed by atoms with van der Waals surface area (Å²) in [5.41, 5.74) is 1.45. The summed E-state index contributed by atoms with van der Waals surface area (Å²) in [7, 11) is 0. The van der Waals surface area contributed by atoms with Crippen molar-refractivity contribution in [3.8, 4) is 0 Å². The van der Waals surface area contributed by atoms with Gasteiger partial charge >= 0.3 is 0 Å². The van der Waals surface area contributed by atoms with Crippen LogP contribution in [0.2, 0.25) is 0 Å². The summed E-state index contributed by atoms with van der Waals surface area (Å²) in [4.78, 5) is 28.7. The summed E-state index contributed by atoms with van der Waals surface area (Å²) in [6.07, 6.45) is 0.791. The van der Waals surface area contributed by atoms with Gasteiger partial charge in [0.25, 0.3) is 5.91 Å². The molecule has 1 aliphatic heterocycles. The van der Waals surface area contributed by atoms with E-state index >= 15 is 0 Å². The van der Waals surface area contributed by atoms with E-state index in [1.54, 1.807) is 17.0 Å². The molecule has 2 aliphatic rings. The number of nitrogens with zero attached hydrogens (tertiary/aromatic N) is 2. The van der Waals surface area contributed by atoms with Crippen LogP contribution in [0, 0.1) is 17.6 Å². The highest BCUT2D eigenvalue weighted by Crippen LogP contribution is 2.48. The number of hydrogen-bond donors (Lipinski definition) is 0. The van der Waals surface area contributed by atoms with Crippen molar-refractivity contribution in [1.82, 2.24) is 9.80 Å². The quantitative estimate of drug-likeness (QED) is 0.833. The minimum atomic E-state index is -0.373. The Bertz CT molecular complexity index is 843. The van der Waals surface area contributed by atoms with Crippen LogP contribution in [0.25, 0.3) is 0 Å². The molecule has 0 spiro atoms. The zero-order valence-corrected chi connectivity index (χ0v) is 14.8. The second-order valence-electron chi connectivity index (χ2n) is 7.12. The van der Waals surface area contributed by atoms with Crippen LogP contribution < -0.4 is 0 Å². The normalized spacial score (nSPS) is 21.9. The zero-order valence-electron chi connectivity index (χ0n) is 14.8. The summed E-state index contributed by atoms with van der Waals surface area (Å²) in [6.45, 7) is 1.93. The number of rotatable bonds is 3. The van der Waals surface area contributed by atoms with Crippen molar-refractivity contribution < 1.29 is 18.4 Å². The fraction of sp³-hybridized carbons (Fsp3) is 0.333. The molecule has 1 heterocycles. The predicted octanol–water partition coefficient (Wildman–Crippen LogP) is 3.05. The maximum Gasteiger partial charge on any atom is 0.253 e. The van der Waals surface area contributed by atoms with Crippen LogP contribution in [0.3, 0.4) is 0 Å². The van der Waals surface area contributed by atoms with E-state index < -0.39 is 0 Å². The van der Waals surface area contributed by atoms with Crippen molar-refractivity contribution in [1.29, 1.82) is 0 Å². The van der Waals surface area contributed by atoms with Crippen molar-refractivity contribution in [2.75, 3.05) is 26.2 Å². The summed E-state index contributed by atoms with van der Waals surface area (Å²) in [6, 6.07) is 11.8. The SMILES string of the molecule is O=C(c1ccc(F)cc1)N1CCN(C(=O)C2CC2c2ccc(F)cc2)CC1. The molecule has 2 aromatic rings. The summed E-state index contributed by atoms with van der Waals surface area (Å²) in [5, 5.41) is 0. The van der Waals surface area contributed by atoms with Gasteiger partial charge in [-0.05, 0) is 54.3 Å². The Labute approximate surface area is 156 Å². The number of hydrogen-bond acceptors (Lipinski definition) is 2. The molecule has 1 saturated carbocycles. The van der Waals surface area contributed by atoms with Gasteiger partial charge in [0.15, 0.2) is 0 Å². The molecular weight excluding hydrogens is 350 g/mol. The minimum absolute atomic E-state index is 0.0465. The third-order valence-corrected chi connectivity index (χ3v) is 5.38. The topological polar surface area (TPSA) is 40.6 Å². The van der Waals surface area contributed by atoms with Crippen LogP contribution in [0.1, 0.15) is 28.3 Å². The van der Waals surface area contributed by atoms with E-state index in [2.05, 4.69) is 0 Å². The van der Waals surface area contributed by atoms with Crippen molar-refractivity contribution in [3.63, 3.8) is 0 Å². The van der Waals surface area contributed by atoms with E-state index in [0.29, 0.717) is 31.7 Å². The molecule has 1 aliphatic carbocycles. The lowest BCUT2D eigenvalue weighted by Crippen LogP contribution is -2.51. The van der Waals surface area contributed by atoms with Crippen molar-refractivity contribution in [3.05, 3.63) is 71.3 Å². The number of amides is 2. The van der Waals surface area contributed by atoms with Gasteiger partial charge in [0.1, 0.15) is 11.6 Å². The van der Waals surface area contributed by atoms with Gasteiger partial charge in [0, 0.05) is 37.7 Å². The Hall–Kier alpha value is -2.76. The van der Waals surface area contributed by atoms with E-state index in [1.807, 2.05) is 4.90 Å². The van der Waals surface area contributed by atoms with Gasteiger partial charge in [0.05, 0.1) is 0 Å². The molecule has 2 fully saturated rings. The highest BCUT2D eigenvalue weighted by Gasteiger charge is 2.46. The first kappa shape index (κ1) is 17.6. The fourth-order valence-corrected chi connectivity index (χ4v) is 3.69. The molecule has 2 amide bonds. The molecule has 2 unspecified atom stereocenters. The van der Waals surface area contributed by atoms with Gasteiger partial charge < -0.3 is 9.80 Å². The third kappa shape index (κ3) is 3.70. The smallest absolute Gasteiger partial charge is 0.253 e. The standard InChI is InChI=1S/C21H20F2N2O2/c22-16-5-1-14(2-6-16)18-13-19(18)21(27)25-11-9-24(10-12-25)20(26)15-3-7-17(23)8-4-15/h1-8,18-19H,9-13H2. The lowest BCUT2D eigenvalue weighted by atomic mass is 10.1. The zero-order chi connectivity index (χ0) is 19.0. The van der Waals surface area contributed by atoms with Crippen LogP contribution in [-0.2, 0) is 4.79 Å². The number of piperazine rings is 1. The van der Waals surface area contributed by atoms with Crippen molar-refractivity contribution >= 4 is 11.8 Å². The molecular formula is C21H20F2N2O2. The Morgan fingerprint density at radius 1 is 0.778 bits per heavy atom. The first-order valence-corrected chi connectivity index (χ1v) is 9.12. The summed E-state index contributed by atoms with van der Waals surface area (Å²) < 4.78 is 26.0. The van der Waals surface area contributed by atoms with E-state index in [9.17, 15) is 18.4 Å². The average molecular weight is 370 g/mol. The molecule has 1 saturated heterocycles. The largest absolute Gasteiger partial charge is 0.339 e. The predicted molar refractivity (Wildman–Crippen MR) is 96.1 cm³/mol. The number of carbonyl (C=O) groups is 2. The maximum atomic E-state index is 13.0. The van der Waals surface area contributed by atoms with E-state index in [4.69, 9.17) is 0 Å². The second-order valence-corrected chi connectivity index (χ2v) is 7.12. The molecule has 6 heteroatoms. The number of benzene rings is 2. The minimum Gasteiger partial charge on any atom is -0.339 e. The van der Waals surface area contributed by atoms with Crippen molar-refractivity contribution in [2.24, 2.45) is 5.92 Å². The second kappa shape index (κ2) is 7.10. The van der Waals surface area contributed by atoms with Gasteiger partial charge in [0.2, 0.25) is 5.91 Å². The molecule has 4 rings (SSSR count). The molecule has 0 N–H and O–H groups in total.